The smallest absolute Gasteiger partial charge is 0.228 e. The summed E-state index contributed by atoms with van der Waals surface area (Å²) in [5, 5.41) is 1.28. The molecule has 3 aromatic carbocycles. The third kappa shape index (κ3) is 4.30. The Morgan fingerprint density at radius 2 is 1.63 bits per heavy atom. The SMILES string of the molecule is Cc1ccc(-c2nc(-c3c(C)cccc3SC(F)(F)F)nc3ccc(Cl)cc23)cc1. The molecule has 0 unspecified atom stereocenters. The fourth-order valence-electron chi connectivity index (χ4n) is 3.28. The van der Waals surface area contributed by atoms with Crippen molar-refractivity contribution in [2.24, 2.45) is 0 Å². The average molecular weight is 445 g/mol. The van der Waals surface area contributed by atoms with Crippen LogP contribution in [-0.2, 0) is 0 Å². The lowest BCUT2D eigenvalue weighted by molar-refractivity contribution is -0.0328. The number of benzene rings is 3. The van der Waals surface area contributed by atoms with Crippen LogP contribution in [0.2, 0.25) is 5.02 Å². The molecule has 0 fully saturated rings. The van der Waals surface area contributed by atoms with E-state index in [1.165, 1.54) is 6.07 Å². The Kier molecular flexibility index (Phi) is 5.47. The predicted molar refractivity (Wildman–Crippen MR) is 117 cm³/mol. The van der Waals surface area contributed by atoms with Gasteiger partial charge in [-0.05, 0) is 55.4 Å². The van der Waals surface area contributed by atoms with Crippen LogP contribution >= 0.6 is 23.4 Å². The van der Waals surface area contributed by atoms with E-state index in [1.54, 1.807) is 37.3 Å². The molecule has 4 aromatic rings. The average Bonchev–Trinajstić information content (AvgIpc) is 2.67. The van der Waals surface area contributed by atoms with E-state index in [4.69, 9.17) is 16.6 Å². The Morgan fingerprint density at radius 1 is 0.900 bits per heavy atom. The highest BCUT2D eigenvalue weighted by Crippen LogP contribution is 2.43. The van der Waals surface area contributed by atoms with E-state index >= 15 is 0 Å². The summed E-state index contributed by atoms with van der Waals surface area (Å²) >= 11 is 6.05. The zero-order valence-electron chi connectivity index (χ0n) is 16.1. The molecule has 0 saturated carbocycles. The summed E-state index contributed by atoms with van der Waals surface area (Å²) in [7, 11) is 0. The Morgan fingerprint density at radius 3 is 2.33 bits per heavy atom. The number of alkyl halides is 3. The first-order chi connectivity index (χ1) is 14.2. The first-order valence-corrected chi connectivity index (χ1v) is 10.3. The van der Waals surface area contributed by atoms with Crippen molar-refractivity contribution in [2.75, 3.05) is 0 Å². The van der Waals surface area contributed by atoms with Crippen LogP contribution in [0, 0.1) is 13.8 Å². The van der Waals surface area contributed by atoms with Gasteiger partial charge in [0.2, 0.25) is 0 Å². The Labute approximate surface area is 181 Å². The van der Waals surface area contributed by atoms with Crippen LogP contribution in [0.4, 0.5) is 13.2 Å². The lowest BCUT2D eigenvalue weighted by atomic mass is 10.0. The van der Waals surface area contributed by atoms with Crippen molar-refractivity contribution in [3.63, 3.8) is 0 Å². The summed E-state index contributed by atoms with van der Waals surface area (Å²) < 4.78 is 39.5. The first-order valence-electron chi connectivity index (χ1n) is 9.11. The molecule has 0 amide bonds. The van der Waals surface area contributed by atoms with Gasteiger partial charge < -0.3 is 0 Å². The summed E-state index contributed by atoms with van der Waals surface area (Å²) in [6.45, 7) is 3.74. The van der Waals surface area contributed by atoms with E-state index in [0.29, 0.717) is 27.4 Å². The van der Waals surface area contributed by atoms with Gasteiger partial charge in [-0.3, -0.25) is 0 Å². The second-order valence-corrected chi connectivity index (χ2v) is 8.46. The van der Waals surface area contributed by atoms with Crippen LogP contribution in [0.3, 0.4) is 0 Å². The molecule has 0 aliphatic carbocycles. The highest BCUT2D eigenvalue weighted by atomic mass is 35.5. The molecule has 0 spiro atoms. The van der Waals surface area contributed by atoms with E-state index in [-0.39, 0.29) is 22.5 Å². The predicted octanol–water partition coefficient (Wildman–Crippen LogP) is 7.85. The summed E-state index contributed by atoms with van der Waals surface area (Å²) in [4.78, 5) is 9.38. The molecule has 0 atom stereocenters. The van der Waals surface area contributed by atoms with Crippen molar-refractivity contribution in [3.05, 3.63) is 76.8 Å². The monoisotopic (exact) mass is 444 g/mol. The molecule has 0 aliphatic heterocycles. The van der Waals surface area contributed by atoms with Crippen LogP contribution in [-0.4, -0.2) is 15.5 Å². The summed E-state index contributed by atoms with van der Waals surface area (Å²) in [5.74, 6) is 0.255. The van der Waals surface area contributed by atoms with Gasteiger partial charge in [0.25, 0.3) is 0 Å². The van der Waals surface area contributed by atoms with Crippen molar-refractivity contribution in [2.45, 2.75) is 24.3 Å². The maximum Gasteiger partial charge on any atom is 0.446 e. The molecular formula is C23H16ClF3N2S. The van der Waals surface area contributed by atoms with Crippen LogP contribution in [0.25, 0.3) is 33.5 Å². The number of rotatable bonds is 3. The Hall–Kier alpha value is -2.57. The van der Waals surface area contributed by atoms with Gasteiger partial charge in [0.1, 0.15) is 0 Å². The molecule has 1 aromatic heterocycles. The molecule has 7 heteroatoms. The highest BCUT2D eigenvalue weighted by molar-refractivity contribution is 8.00. The Bertz CT molecular complexity index is 1240. The number of aryl methyl sites for hydroxylation is 2. The number of fused-ring (bicyclic) bond motifs is 1. The standard InChI is InChI=1S/C23H16ClF3N2S/c1-13-6-8-15(9-7-13)21-17-12-16(24)10-11-18(17)28-22(29-21)20-14(2)4-3-5-19(20)30-23(25,26)27/h3-12H,1-2H3. The minimum atomic E-state index is -4.41. The van der Waals surface area contributed by atoms with Gasteiger partial charge in [0.05, 0.1) is 11.2 Å². The zero-order valence-corrected chi connectivity index (χ0v) is 17.7. The fourth-order valence-corrected chi connectivity index (χ4v) is 4.20. The normalized spacial score (nSPS) is 11.8. The number of nitrogens with zero attached hydrogens (tertiary/aromatic N) is 2. The lowest BCUT2D eigenvalue weighted by Crippen LogP contribution is -2.03. The molecule has 0 N–H and O–H groups in total. The van der Waals surface area contributed by atoms with Crippen LogP contribution < -0.4 is 0 Å². The van der Waals surface area contributed by atoms with Gasteiger partial charge in [-0.2, -0.15) is 13.2 Å². The quantitative estimate of drug-likeness (QED) is 0.301. The van der Waals surface area contributed by atoms with Gasteiger partial charge in [-0.1, -0.05) is 53.6 Å². The second kappa shape index (κ2) is 7.93. The minimum Gasteiger partial charge on any atom is -0.228 e. The van der Waals surface area contributed by atoms with E-state index < -0.39 is 5.51 Å². The van der Waals surface area contributed by atoms with Crippen molar-refractivity contribution in [1.82, 2.24) is 9.97 Å². The van der Waals surface area contributed by atoms with Gasteiger partial charge in [-0.25, -0.2) is 9.97 Å². The molecule has 30 heavy (non-hydrogen) atoms. The van der Waals surface area contributed by atoms with Gasteiger partial charge in [0, 0.05) is 26.4 Å². The van der Waals surface area contributed by atoms with Crippen molar-refractivity contribution < 1.29 is 13.2 Å². The fraction of sp³-hybridized carbons (Fsp3) is 0.130. The highest BCUT2D eigenvalue weighted by Gasteiger charge is 2.31. The van der Waals surface area contributed by atoms with Crippen LogP contribution in [0.15, 0.2) is 65.6 Å². The first kappa shape index (κ1) is 20.7. The van der Waals surface area contributed by atoms with Gasteiger partial charge >= 0.3 is 5.51 Å². The summed E-state index contributed by atoms with van der Waals surface area (Å²) in [6.07, 6.45) is 0. The maximum atomic E-state index is 13.2. The van der Waals surface area contributed by atoms with E-state index in [0.717, 1.165) is 16.5 Å². The topological polar surface area (TPSA) is 25.8 Å². The molecule has 0 radical (unpaired) electrons. The summed E-state index contributed by atoms with van der Waals surface area (Å²) in [5.41, 5.74) is -0.173. The number of halogens is 4. The van der Waals surface area contributed by atoms with E-state index in [2.05, 4.69) is 4.98 Å². The molecule has 2 nitrogen and oxygen atoms in total. The molecule has 0 saturated heterocycles. The third-order valence-corrected chi connectivity index (χ3v) is 5.69. The largest absolute Gasteiger partial charge is 0.446 e. The molecular weight excluding hydrogens is 429 g/mol. The van der Waals surface area contributed by atoms with Crippen molar-refractivity contribution in [3.8, 4) is 22.6 Å². The number of hydrogen-bond acceptors (Lipinski definition) is 3. The van der Waals surface area contributed by atoms with Crippen molar-refractivity contribution in [1.29, 1.82) is 0 Å². The molecule has 4 rings (SSSR count). The number of aromatic nitrogens is 2. The molecule has 0 bridgehead atoms. The Balaban J connectivity index is 2.00. The maximum absolute atomic E-state index is 13.2. The van der Waals surface area contributed by atoms with Crippen LogP contribution in [0.5, 0.6) is 0 Å². The van der Waals surface area contributed by atoms with E-state index in [9.17, 15) is 13.2 Å². The summed E-state index contributed by atoms with van der Waals surface area (Å²) in [6, 6.07) is 17.9. The number of thioether (sulfide) groups is 1. The molecule has 0 aliphatic rings. The molecule has 1 heterocycles. The van der Waals surface area contributed by atoms with E-state index in [1.807, 2.05) is 31.2 Å². The van der Waals surface area contributed by atoms with Crippen LogP contribution in [0.1, 0.15) is 11.1 Å². The number of hydrogen-bond donors (Lipinski definition) is 0. The minimum absolute atomic E-state index is 0.0747. The van der Waals surface area contributed by atoms with Gasteiger partial charge in [-0.15, -0.1) is 0 Å². The van der Waals surface area contributed by atoms with Crippen molar-refractivity contribution >= 4 is 34.3 Å². The molecule has 152 valence electrons. The third-order valence-electron chi connectivity index (χ3n) is 4.67. The second-order valence-electron chi connectivity index (χ2n) is 6.92. The lowest BCUT2D eigenvalue weighted by Gasteiger charge is -2.15. The van der Waals surface area contributed by atoms with Gasteiger partial charge in [0.15, 0.2) is 5.82 Å². The zero-order chi connectivity index (χ0) is 21.5.